The smallest absolute Gasteiger partial charge is 0.339 e. The van der Waals surface area contributed by atoms with Crippen LogP contribution in [0.25, 0.3) is 11.1 Å². The van der Waals surface area contributed by atoms with Gasteiger partial charge in [-0.15, -0.1) is 0 Å². The van der Waals surface area contributed by atoms with E-state index in [0.29, 0.717) is 12.4 Å². The minimum Gasteiger partial charge on any atom is -0.493 e. The van der Waals surface area contributed by atoms with Gasteiger partial charge in [-0.1, -0.05) is 24.3 Å². The Bertz CT molecular complexity index is 674. The molecule has 3 nitrogen and oxygen atoms in total. The lowest BCUT2D eigenvalue weighted by Crippen LogP contribution is -2.09. The van der Waals surface area contributed by atoms with Gasteiger partial charge in [0.05, 0.1) is 6.61 Å². The van der Waals surface area contributed by atoms with Crippen molar-refractivity contribution in [3.05, 3.63) is 53.1 Å². The Kier molecular flexibility index (Phi) is 3.18. The van der Waals surface area contributed by atoms with Gasteiger partial charge in [0.2, 0.25) is 0 Å². The molecule has 0 saturated heterocycles. The largest absolute Gasteiger partial charge is 0.493 e. The second-order valence-electron chi connectivity index (χ2n) is 4.90. The van der Waals surface area contributed by atoms with Gasteiger partial charge >= 0.3 is 5.97 Å². The van der Waals surface area contributed by atoms with Crippen molar-refractivity contribution in [1.29, 1.82) is 0 Å². The van der Waals surface area contributed by atoms with E-state index in [-0.39, 0.29) is 5.56 Å². The number of rotatable bonds is 3. The zero-order valence-electron chi connectivity index (χ0n) is 11.3. The number of aromatic carboxylic acids is 1. The highest BCUT2D eigenvalue weighted by molar-refractivity contribution is 5.93. The summed E-state index contributed by atoms with van der Waals surface area (Å²) in [6.07, 6.45) is 1.91. The zero-order valence-corrected chi connectivity index (χ0v) is 11.3. The molecule has 0 unspecified atom stereocenters. The number of fused-ring (bicyclic) bond motifs is 3. The van der Waals surface area contributed by atoms with Crippen LogP contribution in [0.2, 0.25) is 0 Å². The van der Waals surface area contributed by atoms with E-state index in [1.807, 2.05) is 25.1 Å². The van der Waals surface area contributed by atoms with E-state index in [4.69, 9.17) is 4.74 Å². The van der Waals surface area contributed by atoms with Gasteiger partial charge in [-0.25, -0.2) is 4.79 Å². The van der Waals surface area contributed by atoms with Gasteiger partial charge in [0.1, 0.15) is 11.3 Å². The van der Waals surface area contributed by atoms with Crippen molar-refractivity contribution in [2.45, 2.75) is 19.8 Å². The number of carboxylic acids is 1. The maximum absolute atomic E-state index is 11.4. The third-order valence-corrected chi connectivity index (χ3v) is 3.71. The number of hydrogen-bond donors (Lipinski definition) is 1. The Morgan fingerprint density at radius 1 is 1.15 bits per heavy atom. The Labute approximate surface area is 117 Å². The minimum atomic E-state index is -0.945. The standard InChI is InChI=1S/C17H16O3/c1-2-20-16-9-12-8-7-11-5-3-4-6-13(11)14(12)10-15(16)17(18)19/h3-6,9-10H,2,7-8H2,1H3,(H,18,19). The number of aryl methyl sites for hydroxylation is 2. The first-order valence-corrected chi connectivity index (χ1v) is 6.82. The van der Waals surface area contributed by atoms with Crippen LogP contribution in [0.1, 0.15) is 28.4 Å². The monoisotopic (exact) mass is 268 g/mol. The Morgan fingerprint density at radius 3 is 2.65 bits per heavy atom. The average Bonchev–Trinajstić information content (AvgIpc) is 2.46. The van der Waals surface area contributed by atoms with E-state index >= 15 is 0 Å². The summed E-state index contributed by atoms with van der Waals surface area (Å²) in [5.41, 5.74) is 4.84. The van der Waals surface area contributed by atoms with Crippen LogP contribution in [-0.4, -0.2) is 17.7 Å². The molecule has 0 radical (unpaired) electrons. The first-order chi connectivity index (χ1) is 9.70. The maximum atomic E-state index is 11.4. The Morgan fingerprint density at radius 2 is 1.90 bits per heavy atom. The van der Waals surface area contributed by atoms with Crippen LogP contribution < -0.4 is 4.74 Å². The van der Waals surface area contributed by atoms with Gasteiger partial charge in [-0.05, 0) is 54.2 Å². The summed E-state index contributed by atoms with van der Waals surface area (Å²) in [6, 6.07) is 11.8. The summed E-state index contributed by atoms with van der Waals surface area (Å²) in [5, 5.41) is 9.36. The molecule has 0 saturated carbocycles. The van der Waals surface area contributed by atoms with E-state index in [9.17, 15) is 9.90 Å². The summed E-state index contributed by atoms with van der Waals surface area (Å²) >= 11 is 0. The molecule has 0 amide bonds. The first kappa shape index (κ1) is 12.7. The molecule has 0 spiro atoms. The van der Waals surface area contributed by atoms with Gasteiger partial charge < -0.3 is 9.84 Å². The summed E-state index contributed by atoms with van der Waals surface area (Å²) < 4.78 is 5.47. The molecule has 3 rings (SSSR count). The van der Waals surface area contributed by atoms with Crippen LogP contribution in [0.15, 0.2) is 36.4 Å². The van der Waals surface area contributed by atoms with Crippen LogP contribution in [0, 0.1) is 0 Å². The lowest BCUT2D eigenvalue weighted by Gasteiger charge is -2.21. The van der Waals surface area contributed by atoms with Crippen molar-refractivity contribution in [2.75, 3.05) is 6.61 Å². The van der Waals surface area contributed by atoms with Crippen molar-refractivity contribution < 1.29 is 14.6 Å². The third kappa shape index (κ3) is 2.05. The fourth-order valence-corrected chi connectivity index (χ4v) is 2.79. The molecule has 102 valence electrons. The predicted octanol–water partition coefficient (Wildman–Crippen LogP) is 3.55. The molecule has 1 N–H and O–H groups in total. The van der Waals surface area contributed by atoms with E-state index in [1.54, 1.807) is 6.07 Å². The number of benzene rings is 2. The molecule has 3 heteroatoms. The van der Waals surface area contributed by atoms with Crippen molar-refractivity contribution in [2.24, 2.45) is 0 Å². The van der Waals surface area contributed by atoms with Gasteiger partial charge in [0.15, 0.2) is 0 Å². The fourth-order valence-electron chi connectivity index (χ4n) is 2.79. The summed E-state index contributed by atoms with van der Waals surface area (Å²) in [7, 11) is 0. The molecule has 1 aliphatic carbocycles. The molecule has 2 aromatic carbocycles. The predicted molar refractivity (Wildman–Crippen MR) is 77.4 cm³/mol. The molecule has 20 heavy (non-hydrogen) atoms. The minimum absolute atomic E-state index is 0.238. The summed E-state index contributed by atoms with van der Waals surface area (Å²) in [4.78, 5) is 11.4. The van der Waals surface area contributed by atoms with Gasteiger partial charge in [0, 0.05) is 0 Å². The topological polar surface area (TPSA) is 46.5 Å². The average molecular weight is 268 g/mol. The summed E-state index contributed by atoms with van der Waals surface area (Å²) in [5.74, 6) is -0.475. The Balaban J connectivity index is 2.20. The number of ether oxygens (including phenoxy) is 1. The highest BCUT2D eigenvalue weighted by Gasteiger charge is 2.21. The molecule has 0 aromatic heterocycles. The lowest BCUT2D eigenvalue weighted by atomic mass is 9.84. The SMILES string of the molecule is CCOc1cc2c(cc1C(=O)O)-c1ccccc1CC2. The van der Waals surface area contributed by atoms with E-state index in [2.05, 4.69) is 12.1 Å². The highest BCUT2D eigenvalue weighted by atomic mass is 16.5. The fraction of sp³-hybridized carbons (Fsp3) is 0.235. The van der Waals surface area contributed by atoms with Gasteiger partial charge in [0.25, 0.3) is 0 Å². The van der Waals surface area contributed by atoms with Gasteiger partial charge in [-0.2, -0.15) is 0 Å². The zero-order chi connectivity index (χ0) is 14.1. The number of hydrogen-bond acceptors (Lipinski definition) is 2. The second kappa shape index (κ2) is 5.00. The molecule has 1 aliphatic rings. The molecule has 0 bridgehead atoms. The van der Waals surface area contributed by atoms with Crippen molar-refractivity contribution in [3.8, 4) is 16.9 Å². The normalized spacial score (nSPS) is 12.4. The van der Waals surface area contributed by atoms with E-state index in [0.717, 1.165) is 29.5 Å². The molecular weight excluding hydrogens is 252 g/mol. The van der Waals surface area contributed by atoms with Crippen LogP contribution in [0.3, 0.4) is 0 Å². The van der Waals surface area contributed by atoms with E-state index < -0.39 is 5.97 Å². The van der Waals surface area contributed by atoms with Crippen LogP contribution >= 0.6 is 0 Å². The quantitative estimate of drug-likeness (QED) is 0.926. The molecule has 0 heterocycles. The summed E-state index contributed by atoms with van der Waals surface area (Å²) in [6.45, 7) is 2.33. The molecular formula is C17H16O3. The number of carbonyl (C=O) groups is 1. The maximum Gasteiger partial charge on any atom is 0.339 e. The van der Waals surface area contributed by atoms with Crippen LogP contribution in [0.5, 0.6) is 5.75 Å². The molecule has 2 aromatic rings. The molecule has 0 aliphatic heterocycles. The van der Waals surface area contributed by atoms with Gasteiger partial charge in [-0.3, -0.25) is 0 Å². The Hall–Kier alpha value is -2.29. The van der Waals surface area contributed by atoms with Crippen LogP contribution in [0.4, 0.5) is 0 Å². The molecule has 0 atom stereocenters. The van der Waals surface area contributed by atoms with Crippen molar-refractivity contribution in [1.82, 2.24) is 0 Å². The highest BCUT2D eigenvalue weighted by Crippen LogP contribution is 2.37. The first-order valence-electron chi connectivity index (χ1n) is 6.82. The van der Waals surface area contributed by atoms with Crippen molar-refractivity contribution >= 4 is 5.97 Å². The number of carboxylic acid groups (broad SMARTS) is 1. The van der Waals surface area contributed by atoms with Crippen molar-refractivity contribution in [3.63, 3.8) is 0 Å². The molecule has 0 fully saturated rings. The second-order valence-corrected chi connectivity index (χ2v) is 4.90. The lowest BCUT2D eigenvalue weighted by molar-refractivity contribution is 0.0692. The van der Waals surface area contributed by atoms with Crippen LogP contribution in [-0.2, 0) is 12.8 Å². The van der Waals surface area contributed by atoms with E-state index in [1.165, 1.54) is 5.56 Å². The third-order valence-electron chi connectivity index (χ3n) is 3.71.